The lowest BCUT2D eigenvalue weighted by Gasteiger charge is -2.10. The van der Waals surface area contributed by atoms with Gasteiger partial charge in [0.05, 0.1) is 11.3 Å². The van der Waals surface area contributed by atoms with E-state index in [9.17, 15) is 4.79 Å². The summed E-state index contributed by atoms with van der Waals surface area (Å²) < 4.78 is 6.47. The second kappa shape index (κ2) is 8.01. The number of carbonyl (C=O) groups is 1. The second-order valence-corrected chi connectivity index (χ2v) is 7.98. The number of hydrogen-bond donors (Lipinski definition) is 1. The Bertz CT molecular complexity index is 1060. The average molecular weight is 487 g/mol. The van der Waals surface area contributed by atoms with Crippen molar-refractivity contribution < 1.29 is 9.32 Å². The van der Waals surface area contributed by atoms with Crippen molar-refractivity contribution in [3.63, 3.8) is 0 Å². The fraction of sp³-hybridized carbons (Fsp3) is 0.0500. The molecule has 5 nitrogen and oxygen atoms in total. The van der Waals surface area contributed by atoms with Crippen molar-refractivity contribution >= 4 is 45.5 Å². The van der Waals surface area contributed by atoms with Crippen molar-refractivity contribution in [2.24, 2.45) is 0 Å². The maximum absolute atomic E-state index is 12.5. The minimum Gasteiger partial charge on any atom is -0.339 e. The molecular weight excluding hydrogens is 473 g/mol. The molecule has 0 saturated carbocycles. The molecule has 27 heavy (non-hydrogen) atoms. The molecule has 0 radical (unpaired) electrons. The van der Waals surface area contributed by atoms with Crippen LogP contribution in [0.4, 0.5) is 5.69 Å². The van der Waals surface area contributed by atoms with Crippen LogP contribution in [0.2, 0.25) is 0 Å². The van der Waals surface area contributed by atoms with E-state index in [1.54, 1.807) is 11.3 Å². The quantitative estimate of drug-likeness (QED) is 0.391. The Balaban J connectivity index is 1.53. The third-order valence-corrected chi connectivity index (χ3v) is 5.51. The molecule has 0 atom stereocenters. The van der Waals surface area contributed by atoms with Crippen LogP contribution in [0.25, 0.3) is 10.7 Å². The van der Waals surface area contributed by atoms with Gasteiger partial charge >= 0.3 is 0 Å². The topological polar surface area (TPSA) is 68.0 Å². The van der Waals surface area contributed by atoms with E-state index in [0.717, 1.165) is 19.7 Å². The fourth-order valence-corrected chi connectivity index (χ4v) is 3.60. The molecule has 0 aliphatic heterocycles. The number of hydrogen-bond acceptors (Lipinski definition) is 5. The predicted molar refractivity (Wildman–Crippen MR) is 114 cm³/mol. The first-order valence-corrected chi connectivity index (χ1v) is 10.2. The number of rotatable bonds is 5. The first-order valence-electron chi connectivity index (χ1n) is 8.20. The van der Waals surface area contributed by atoms with Gasteiger partial charge in [0.15, 0.2) is 0 Å². The van der Waals surface area contributed by atoms with E-state index in [0.29, 0.717) is 23.7 Å². The summed E-state index contributed by atoms with van der Waals surface area (Å²) in [5, 5.41) is 8.98. The van der Waals surface area contributed by atoms with Gasteiger partial charge in [-0.3, -0.25) is 4.79 Å². The number of thiophene rings is 1. The monoisotopic (exact) mass is 487 g/mol. The van der Waals surface area contributed by atoms with Gasteiger partial charge in [-0.15, -0.1) is 11.3 Å². The van der Waals surface area contributed by atoms with E-state index in [2.05, 4.69) is 38.0 Å². The first-order chi connectivity index (χ1) is 13.2. The summed E-state index contributed by atoms with van der Waals surface area (Å²) in [4.78, 5) is 17.9. The highest BCUT2D eigenvalue weighted by atomic mass is 127. The zero-order valence-corrected chi connectivity index (χ0v) is 17.0. The molecule has 4 rings (SSSR count). The molecule has 0 saturated heterocycles. The number of carbonyl (C=O) groups excluding carboxylic acids is 1. The highest BCUT2D eigenvalue weighted by Gasteiger charge is 2.14. The summed E-state index contributed by atoms with van der Waals surface area (Å²) in [6.07, 6.45) is 0.446. The molecule has 134 valence electrons. The molecule has 0 fully saturated rings. The number of benzene rings is 2. The number of amides is 1. The van der Waals surface area contributed by atoms with E-state index < -0.39 is 0 Å². The summed E-state index contributed by atoms with van der Waals surface area (Å²) in [6.45, 7) is 0. The van der Waals surface area contributed by atoms with Crippen molar-refractivity contribution in [3.8, 4) is 10.7 Å². The number of halogens is 1. The van der Waals surface area contributed by atoms with E-state index in [-0.39, 0.29) is 5.91 Å². The summed E-state index contributed by atoms with van der Waals surface area (Å²) in [5.74, 6) is 0.943. The van der Waals surface area contributed by atoms with Crippen molar-refractivity contribution in [2.45, 2.75) is 6.42 Å². The number of para-hydroxylation sites is 1. The second-order valence-electron chi connectivity index (χ2n) is 5.78. The van der Waals surface area contributed by atoms with Gasteiger partial charge in [0, 0.05) is 14.8 Å². The normalized spacial score (nSPS) is 10.7. The van der Waals surface area contributed by atoms with E-state index in [1.807, 2.05) is 66.0 Å². The molecule has 0 bridgehead atoms. The number of anilines is 1. The zero-order chi connectivity index (χ0) is 18.6. The Hall–Kier alpha value is -2.52. The molecule has 0 spiro atoms. The van der Waals surface area contributed by atoms with Crippen LogP contribution >= 0.6 is 33.9 Å². The van der Waals surface area contributed by atoms with Crippen molar-refractivity contribution in [1.82, 2.24) is 10.1 Å². The summed E-state index contributed by atoms with van der Waals surface area (Å²) in [6, 6.07) is 19.0. The van der Waals surface area contributed by atoms with Gasteiger partial charge in [-0.2, -0.15) is 4.98 Å². The largest absolute Gasteiger partial charge is 0.339 e. The van der Waals surface area contributed by atoms with Gasteiger partial charge in [-0.25, -0.2) is 0 Å². The van der Waals surface area contributed by atoms with Gasteiger partial charge in [-0.05, 0) is 69.9 Å². The minimum absolute atomic E-state index is 0.149. The Morgan fingerprint density at radius 1 is 1.07 bits per heavy atom. The highest BCUT2D eigenvalue weighted by Crippen LogP contribution is 2.24. The molecule has 0 aliphatic carbocycles. The van der Waals surface area contributed by atoms with Gasteiger partial charge < -0.3 is 9.84 Å². The van der Waals surface area contributed by atoms with Crippen LogP contribution < -0.4 is 5.32 Å². The van der Waals surface area contributed by atoms with Crippen molar-refractivity contribution in [3.05, 3.63) is 86.6 Å². The van der Waals surface area contributed by atoms with Crippen LogP contribution in [0, 0.1) is 3.57 Å². The Kier molecular flexibility index (Phi) is 5.30. The molecular formula is C20H14IN3O2S. The van der Waals surface area contributed by atoms with E-state index >= 15 is 0 Å². The molecule has 0 unspecified atom stereocenters. The third kappa shape index (κ3) is 4.25. The predicted octanol–water partition coefficient (Wildman–Crippen LogP) is 5.25. The maximum atomic E-state index is 12.5. The highest BCUT2D eigenvalue weighted by molar-refractivity contribution is 14.1. The zero-order valence-electron chi connectivity index (χ0n) is 14.1. The summed E-state index contributed by atoms with van der Waals surface area (Å²) in [7, 11) is 0. The molecule has 0 aliphatic rings. The minimum atomic E-state index is -0.149. The van der Waals surface area contributed by atoms with Gasteiger partial charge in [0.25, 0.3) is 5.91 Å². The van der Waals surface area contributed by atoms with Crippen LogP contribution in [-0.4, -0.2) is 16.0 Å². The Morgan fingerprint density at radius 2 is 1.89 bits per heavy atom. The van der Waals surface area contributed by atoms with Crippen LogP contribution in [0.15, 0.2) is 70.6 Å². The van der Waals surface area contributed by atoms with E-state index in [4.69, 9.17) is 4.52 Å². The molecule has 2 heterocycles. The first kappa shape index (κ1) is 17.9. The number of nitrogens with one attached hydrogen (secondary N) is 1. The van der Waals surface area contributed by atoms with Crippen LogP contribution in [-0.2, 0) is 6.42 Å². The molecule has 4 aromatic rings. The fourth-order valence-electron chi connectivity index (χ4n) is 2.59. The summed E-state index contributed by atoms with van der Waals surface area (Å²) >= 11 is 3.78. The van der Waals surface area contributed by atoms with Crippen LogP contribution in [0.3, 0.4) is 0 Å². The Labute approximate surface area is 173 Å². The van der Waals surface area contributed by atoms with Gasteiger partial charge in [-0.1, -0.05) is 29.4 Å². The van der Waals surface area contributed by atoms with E-state index in [1.165, 1.54) is 0 Å². The molecule has 2 aromatic heterocycles. The Morgan fingerprint density at radius 3 is 2.67 bits per heavy atom. The van der Waals surface area contributed by atoms with Gasteiger partial charge in [0.1, 0.15) is 0 Å². The smallest absolute Gasteiger partial charge is 0.255 e. The molecule has 2 aromatic carbocycles. The molecule has 1 amide bonds. The van der Waals surface area contributed by atoms with Crippen molar-refractivity contribution in [1.29, 1.82) is 0 Å². The van der Waals surface area contributed by atoms with Crippen molar-refractivity contribution in [2.75, 3.05) is 5.32 Å². The third-order valence-electron chi connectivity index (χ3n) is 3.92. The lowest BCUT2D eigenvalue weighted by atomic mass is 10.1. The van der Waals surface area contributed by atoms with Crippen LogP contribution in [0.1, 0.15) is 21.8 Å². The molecule has 1 N–H and O–H groups in total. The average Bonchev–Trinajstić information content (AvgIpc) is 3.35. The van der Waals surface area contributed by atoms with Crippen LogP contribution in [0.5, 0.6) is 0 Å². The lowest BCUT2D eigenvalue weighted by molar-refractivity contribution is 0.102. The number of nitrogens with zero attached hydrogens (tertiary/aromatic N) is 2. The SMILES string of the molecule is O=C(Nc1ccccc1Cc1nc(-c2cccs2)no1)c1ccc(I)cc1. The number of aromatic nitrogens is 2. The summed E-state index contributed by atoms with van der Waals surface area (Å²) in [5.41, 5.74) is 2.26. The maximum Gasteiger partial charge on any atom is 0.255 e. The standard InChI is InChI=1S/C20H14IN3O2S/c21-15-9-7-13(8-10-15)20(25)22-16-5-2-1-4-14(16)12-18-23-19(24-26-18)17-6-3-11-27-17/h1-11H,12H2,(H,22,25). The lowest BCUT2D eigenvalue weighted by Crippen LogP contribution is -2.13. The molecule has 7 heteroatoms. The van der Waals surface area contributed by atoms with Gasteiger partial charge in [0.2, 0.25) is 11.7 Å².